The second-order valence-corrected chi connectivity index (χ2v) is 6.02. The molecule has 1 aliphatic rings. The highest BCUT2D eigenvalue weighted by Crippen LogP contribution is 2.34. The number of carbonyl (C=O) groups is 2. The lowest BCUT2D eigenvalue weighted by atomic mass is 10.2. The van der Waals surface area contributed by atoms with E-state index >= 15 is 0 Å². The summed E-state index contributed by atoms with van der Waals surface area (Å²) in [5.41, 5.74) is 1.12. The van der Waals surface area contributed by atoms with E-state index < -0.39 is 5.97 Å². The van der Waals surface area contributed by atoms with E-state index in [9.17, 15) is 9.59 Å². The summed E-state index contributed by atoms with van der Waals surface area (Å²) < 4.78 is 5.29. The van der Waals surface area contributed by atoms with Gasteiger partial charge in [0.1, 0.15) is 0 Å². The number of hydrogen-bond donors (Lipinski definition) is 0. The number of amides is 1. The number of ether oxygens (including phenoxy) is 1. The first-order valence-corrected chi connectivity index (χ1v) is 7.06. The molecule has 1 fully saturated rings. The second kappa shape index (κ2) is 5.40. The van der Waals surface area contributed by atoms with Crippen LogP contribution in [0, 0.1) is 0 Å². The highest BCUT2D eigenvalue weighted by atomic mass is 79.9. The van der Waals surface area contributed by atoms with Gasteiger partial charge in [-0.25, -0.2) is 4.79 Å². The van der Waals surface area contributed by atoms with E-state index in [0.29, 0.717) is 28.7 Å². The van der Waals surface area contributed by atoms with Crippen LogP contribution in [-0.2, 0) is 9.53 Å². The van der Waals surface area contributed by atoms with Crippen LogP contribution in [-0.4, -0.2) is 30.4 Å². The Hall–Kier alpha value is -0.880. The normalized spacial score (nSPS) is 19.2. The maximum absolute atomic E-state index is 11.8. The lowest BCUT2D eigenvalue weighted by Crippen LogP contribution is -2.25. The smallest absolute Gasteiger partial charge is 0.339 e. The maximum atomic E-state index is 11.8. The Labute approximate surface area is 122 Å². The van der Waals surface area contributed by atoms with E-state index in [1.165, 1.54) is 7.11 Å². The van der Waals surface area contributed by atoms with Crippen LogP contribution in [0.2, 0.25) is 0 Å². The lowest BCUT2D eigenvalue weighted by molar-refractivity contribution is -0.117. The highest BCUT2D eigenvalue weighted by Gasteiger charge is 2.30. The predicted octanol–water partition coefficient (Wildman–Crippen LogP) is 2.74. The summed E-state index contributed by atoms with van der Waals surface area (Å²) in [5.74, 6) is -0.384. The standard InChI is InChI=1S/C12H11Br2NO3/c1-18-12(17)8-3-2-4-9(11(8)14)15-6-7(13)5-10(15)16/h2-4,7H,5-6H2,1H3. The fourth-order valence-corrected chi connectivity index (χ4v) is 3.10. The number of benzene rings is 1. The van der Waals surface area contributed by atoms with Gasteiger partial charge >= 0.3 is 5.97 Å². The Balaban J connectivity index is 2.40. The fourth-order valence-electron chi connectivity index (χ4n) is 1.89. The Morgan fingerprint density at radius 2 is 2.22 bits per heavy atom. The van der Waals surface area contributed by atoms with Gasteiger partial charge in [-0.1, -0.05) is 22.0 Å². The molecule has 1 atom stereocenters. The van der Waals surface area contributed by atoms with Gasteiger partial charge in [-0.15, -0.1) is 0 Å². The van der Waals surface area contributed by atoms with Crippen molar-refractivity contribution in [2.75, 3.05) is 18.6 Å². The molecule has 6 heteroatoms. The summed E-state index contributed by atoms with van der Waals surface area (Å²) in [6.07, 6.45) is 0.467. The van der Waals surface area contributed by atoms with Crippen molar-refractivity contribution in [2.24, 2.45) is 0 Å². The Bertz CT molecular complexity index is 504. The van der Waals surface area contributed by atoms with Crippen LogP contribution in [0.25, 0.3) is 0 Å². The third kappa shape index (κ3) is 2.44. The molecule has 1 saturated heterocycles. The van der Waals surface area contributed by atoms with Gasteiger partial charge in [-0.3, -0.25) is 4.79 Å². The van der Waals surface area contributed by atoms with Gasteiger partial charge in [-0.2, -0.15) is 0 Å². The van der Waals surface area contributed by atoms with E-state index in [-0.39, 0.29) is 10.7 Å². The molecule has 1 unspecified atom stereocenters. The van der Waals surface area contributed by atoms with Gasteiger partial charge in [0.15, 0.2) is 0 Å². The zero-order chi connectivity index (χ0) is 13.3. The molecule has 18 heavy (non-hydrogen) atoms. The average molecular weight is 377 g/mol. The molecule has 1 aromatic carbocycles. The fraction of sp³-hybridized carbons (Fsp3) is 0.333. The average Bonchev–Trinajstić information content (AvgIpc) is 2.68. The van der Waals surface area contributed by atoms with Crippen LogP contribution in [0.4, 0.5) is 5.69 Å². The molecule has 1 aliphatic heterocycles. The van der Waals surface area contributed by atoms with Crippen LogP contribution in [0.5, 0.6) is 0 Å². The second-order valence-electron chi connectivity index (χ2n) is 3.94. The zero-order valence-corrected chi connectivity index (χ0v) is 12.8. The SMILES string of the molecule is COC(=O)c1cccc(N2CC(Br)CC2=O)c1Br. The number of hydrogen-bond acceptors (Lipinski definition) is 3. The third-order valence-electron chi connectivity index (χ3n) is 2.75. The van der Waals surface area contributed by atoms with Crippen molar-refractivity contribution >= 4 is 49.4 Å². The Kier molecular flexibility index (Phi) is 4.07. The number of anilines is 1. The molecule has 0 bridgehead atoms. The Morgan fingerprint density at radius 3 is 2.78 bits per heavy atom. The molecule has 0 N–H and O–H groups in total. The predicted molar refractivity (Wildman–Crippen MR) is 75.2 cm³/mol. The van der Waals surface area contributed by atoms with E-state index in [2.05, 4.69) is 31.9 Å². The zero-order valence-electron chi connectivity index (χ0n) is 9.65. The molecule has 0 aliphatic carbocycles. The summed E-state index contributed by atoms with van der Waals surface area (Å²) in [6.45, 7) is 0.599. The first kappa shape index (κ1) is 13.5. The molecule has 0 saturated carbocycles. The minimum absolute atomic E-state index is 0.0413. The molecule has 1 amide bonds. The van der Waals surface area contributed by atoms with E-state index in [1.54, 1.807) is 23.1 Å². The molecule has 4 nitrogen and oxygen atoms in total. The van der Waals surface area contributed by atoms with Crippen LogP contribution >= 0.6 is 31.9 Å². The van der Waals surface area contributed by atoms with E-state index in [1.807, 2.05) is 0 Å². The molecular weight excluding hydrogens is 366 g/mol. The number of halogens is 2. The van der Waals surface area contributed by atoms with Gasteiger partial charge in [-0.05, 0) is 28.1 Å². The van der Waals surface area contributed by atoms with Crippen molar-refractivity contribution in [3.63, 3.8) is 0 Å². The molecular formula is C12H11Br2NO3. The third-order valence-corrected chi connectivity index (χ3v) is 4.20. The molecule has 0 radical (unpaired) electrons. The van der Waals surface area contributed by atoms with E-state index in [0.717, 1.165) is 0 Å². The summed E-state index contributed by atoms with van der Waals surface area (Å²) >= 11 is 6.80. The summed E-state index contributed by atoms with van der Waals surface area (Å²) in [7, 11) is 1.33. The molecule has 96 valence electrons. The molecule has 2 rings (SSSR count). The van der Waals surface area contributed by atoms with Crippen molar-refractivity contribution in [3.8, 4) is 0 Å². The quantitative estimate of drug-likeness (QED) is 0.589. The minimum Gasteiger partial charge on any atom is -0.465 e. The number of carbonyl (C=O) groups excluding carboxylic acids is 2. The van der Waals surface area contributed by atoms with Gasteiger partial charge in [0.25, 0.3) is 0 Å². The van der Waals surface area contributed by atoms with Crippen LogP contribution in [0.15, 0.2) is 22.7 Å². The van der Waals surface area contributed by atoms with Crippen LogP contribution in [0.1, 0.15) is 16.8 Å². The topological polar surface area (TPSA) is 46.6 Å². The summed E-state index contributed by atoms with van der Waals surface area (Å²) in [4.78, 5) is 25.2. The van der Waals surface area contributed by atoms with Crippen LogP contribution < -0.4 is 4.90 Å². The van der Waals surface area contributed by atoms with Gasteiger partial charge in [0, 0.05) is 17.8 Å². The number of methoxy groups -OCH3 is 1. The van der Waals surface area contributed by atoms with Gasteiger partial charge < -0.3 is 9.64 Å². The molecule has 0 spiro atoms. The first-order chi connectivity index (χ1) is 8.54. The van der Waals surface area contributed by atoms with Crippen molar-refractivity contribution in [1.29, 1.82) is 0 Å². The maximum Gasteiger partial charge on any atom is 0.339 e. The van der Waals surface area contributed by atoms with Crippen molar-refractivity contribution < 1.29 is 14.3 Å². The number of alkyl halides is 1. The van der Waals surface area contributed by atoms with Gasteiger partial charge in [0.05, 0.1) is 22.8 Å². The number of nitrogens with zero attached hydrogens (tertiary/aromatic N) is 1. The van der Waals surface area contributed by atoms with Crippen molar-refractivity contribution in [3.05, 3.63) is 28.2 Å². The first-order valence-electron chi connectivity index (χ1n) is 5.36. The number of esters is 1. The highest BCUT2D eigenvalue weighted by molar-refractivity contribution is 9.10. The van der Waals surface area contributed by atoms with E-state index in [4.69, 9.17) is 4.74 Å². The largest absolute Gasteiger partial charge is 0.465 e. The van der Waals surface area contributed by atoms with Gasteiger partial charge in [0.2, 0.25) is 5.91 Å². The molecule has 1 aromatic rings. The minimum atomic E-state index is -0.425. The van der Waals surface area contributed by atoms with Crippen molar-refractivity contribution in [1.82, 2.24) is 0 Å². The number of rotatable bonds is 2. The summed E-state index contributed by atoms with van der Waals surface area (Å²) in [6, 6.07) is 5.20. The van der Waals surface area contributed by atoms with Crippen LogP contribution in [0.3, 0.4) is 0 Å². The lowest BCUT2D eigenvalue weighted by Gasteiger charge is -2.18. The van der Waals surface area contributed by atoms with Crippen molar-refractivity contribution in [2.45, 2.75) is 11.2 Å². The molecule has 0 aromatic heterocycles. The Morgan fingerprint density at radius 1 is 1.50 bits per heavy atom. The molecule has 1 heterocycles. The summed E-state index contributed by atoms with van der Waals surface area (Å²) in [5, 5.41) is 0. The monoisotopic (exact) mass is 375 g/mol.